The molecule has 0 aliphatic heterocycles. The third-order valence-electron chi connectivity index (χ3n) is 2.25. The summed E-state index contributed by atoms with van der Waals surface area (Å²) >= 11 is 5.11. The number of rotatable bonds is 3. The molecular weight excluding hydrogens is 289 g/mol. The summed E-state index contributed by atoms with van der Waals surface area (Å²) in [5.74, 6) is -0.163. The number of thiophene rings is 1. The fourth-order valence-electron chi connectivity index (χ4n) is 1.39. The Morgan fingerprint density at radius 3 is 2.81 bits per heavy atom. The van der Waals surface area contributed by atoms with Gasteiger partial charge in [-0.1, -0.05) is 0 Å². The third kappa shape index (κ3) is 2.83. The first kappa shape index (κ1) is 11.6. The molecule has 0 radical (unpaired) electrons. The lowest BCUT2D eigenvalue weighted by molar-refractivity contribution is 0.618. The molecule has 84 valence electrons. The van der Waals surface area contributed by atoms with E-state index in [1.807, 2.05) is 11.4 Å². The first-order chi connectivity index (χ1) is 7.65. The van der Waals surface area contributed by atoms with Crippen molar-refractivity contribution in [1.82, 2.24) is 0 Å². The van der Waals surface area contributed by atoms with E-state index in [-0.39, 0.29) is 5.82 Å². The van der Waals surface area contributed by atoms with Gasteiger partial charge in [-0.2, -0.15) is 0 Å². The zero-order valence-electron chi connectivity index (χ0n) is 8.76. The molecule has 1 heterocycles. The normalized spacial score (nSPS) is 10.4. The van der Waals surface area contributed by atoms with Gasteiger partial charge in [-0.3, -0.25) is 0 Å². The Balaban J connectivity index is 2.02. The van der Waals surface area contributed by atoms with Crippen LogP contribution in [0, 0.1) is 12.7 Å². The number of halogens is 2. The van der Waals surface area contributed by atoms with Crippen molar-refractivity contribution in [2.45, 2.75) is 13.5 Å². The van der Waals surface area contributed by atoms with E-state index in [1.54, 1.807) is 24.3 Å². The zero-order valence-corrected chi connectivity index (χ0v) is 11.2. The van der Waals surface area contributed by atoms with Crippen LogP contribution >= 0.6 is 27.3 Å². The van der Waals surface area contributed by atoms with Crippen LogP contribution in [0.2, 0.25) is 0 Å². The van der Waals surface area contributed by atoms with Gasteiger partial charge in [0, 0.05) is 27.0 Å². The minimum Gasteiger partial charge on any atom is -0.380 e. The molecule has 16 heavy (non-hydrogen) atoms. The second-order valence-corrected chi connectivity index (χ2v) is 5.46. The van der Waals surface area contributed by atoms with Gasteiger partial charge in [-0.15, -0.1) is 11.3 Å². The number of nitrogens with one attached hydrogen (secondary N) is 1. The molecule has 0 saturated carbocycles. The van der Waals surface area contributed by atoms with Gasteiger partial charge >= 0.3 is 0 Å². The quantitative estimate of drug-likeness (QED) is 0.875. The molecule has 0 bridgehead atoms. The molecule has 0 aliphatic carbocycles. The van der Waals surface area contributed by atoms with Crippen molar-refractivity contribution in [2.75, 3.05) is 5.32 Å². The van der Waals surface area contributed by atoms with Crippen molar-refractivity contribution in [1.29, 1.82) is 0 Å². The molecule has 1 aromatic carbocycles. The minimum atomic E-state index is -0.163. The first-order valence-corrected chi connectivity index (χ1v) is 6.55. The van der Waals surface area contributed by atoms with Crippen molar-refractivity contribution in [3.63, 3.8) is 0 Å². The van der Waals surface area contributed by atoms with E-state index >= 15 is 0 Å². The van der Waals surface area contributed by atoms with Gasteiger partial charge in [-0.25, -0.2) is 4.39 Å². The fourth-order valence-corrected chi connectivity index (χ4v) is 2.78. The van der Waals surface area contributed by atoms with Gasteiger partial charge in [0.15, 0.2) is 0 Å². The molecule has 0 unspecified atom stereocenters. The number of aryl methyl sites for hydroxylation is 1. The number of benzene rings is 1. The zero-order chi connectivity index (χ0) is 11.5. The lowest BCUT2D eigenvalue weighted by atomic mass is 10.2. The Bertz CT molecular complexity index is 496. The Kier molecular flexibility index (Phi) is 3.61. The average molecular weight is 300 g/mol. The van der Waals surface area contributed by atoms with E-state index in [0.29, 0.717) is 5.56 Å². The van der Waals surface area contributed by atoms with Gasteiger partial charge in [0.1, 0.15) is 5.82 Å². The molecular formula is C12H11BrFNS. The minimum absolute atomic E-state index is 0.163. The summed E-state index contributed by atoms with van der Waals surface area (Å²) in [6.07, 6.45) is 0. The molecule has 2 rings (SSSR count). The first-order valence-electron chi connectivity index (χ1n) is 4.88. The summed E-state index contributed by atoms with van der Waals surface area (Å²) in [5, 5.41) is 5.31. The van der Waals surface area contributed by atoms with Crippen LogP contribution in [0.15, 0.2) is 34.1 Å². The van der Waals surface area contributed by atoms with Gasteiger partial charge in [0.05, 0.1) is 0 Å². The van der Waals surface area contributed by atoms with Crippen molar-refractivity contribution in [3.05, 3.63) is 50.4 Å². The maximum Gasteiger partial charge on any atom is 0.126 e. The fraction of sp³-hybridized carbons (Fsp3) is 0.167. The molecule has 4 heteroatoms. The van der Waals surface area contributed by atoms with E-state index in [2.05, 4.69) is 27.3 Å². The van der Waals surface area contributed by atoms with Gasteiger partial charge in [0.25, 0.3) is 0 Å². The lowest BCUT2D eigenvalue weighted by Gasteiger charge is -2.06. The number of hydrogen-bond donors (Lipinski definition) is 1. The van der Waals surface area contributed by atoms with E-state index in [9.17, 15) is 4.39 Å². The average Bonchev–Trinajstić information content (AvgIpc) is 2.66. The molecule has 1 aromatic heterocycles. The van der Waals surface area contributed by atoms with Crippen LogP contribution in [0.5, 0.6) is 0 Å². The smallest absolute Gasteiger partial charge is 0.126 e. The summed E-state index contributed by atoms with van der Waals surface area (Å²) < 4.78 is 14.1. The van der Waals surface area contributed by atoms with E-state index in [0.717, 1.165) is 16.7 Å². The topological polar surface area (TPSA) is 12.0 Å². The number of hydrogen-bond acceptors (Lipinski definition) is 2. The number of anilines is 1. The SMILES string of the molecule is Cc1cc(NCc2cc(Br)cs2)ccc1F. The predicted octanol–water partition coefficient (Wildman–Crippen LogP) is 4.57. The van der Waals surface area contributed by atoms with E-state index < -0.39 is 0 Å². The van der Waals surface area contributed by atoms with Crippen molar-refractivity contribution < 1.29 is 4.39 Å². The van der Waals surface area contributed by atoms with E-state index in [4.69, 9.17) is 0 Å². The maximum absolute atomic E-state index is 13.0. The van der Waals surface area contributed by atoms with E-state index in [1.165, 1.54) is 10.9 Å². The monoisotopic (exact) mass is 299 g/mol. The Labute approximate surface area is 106 Å². The molecule has 0 amide bonds. The molecule has 0 fully saturated rings. The standard InChI is InChI=1S/C12H11BrFNS/c1-8-4-10(2-3-12(8)14)15-6-11-5-9(13)7-16-11/h2-5,7,15H,6H2,1H3. The second kappa shape index (κ2) is 4.97. The second-order valence-electron chi connectivity index (χ2n) is 3.55. The molecule has 0 saturated heterocycles. The summed E-state index contributed by atoms with van der Waals surface area (Å²) in [6, 6.07) is 7.14. The van der Waals surface area contributed by atoms with Crippen LogP contribution in [0.1, 0.15) is 10.4 Å². The van der Waals surface area contributed by atoms with Crippen LogP contribution in [0.4, 0.5) is 10.1 Å². The summed E-state index contributed by atoms with van der Waals surface area (Å²) in [6.45, 7) is 2.53. The van der Waals surface area contributed by atoms with Gasteiger partial charge < -0.3 is 5.32 Å². The molecule has 2 aromatic rings. The van der Waals surface area contributed by atoms with Crippen molar-refractivity contribution in [2.24, 2.45) is 0 Å². The molecule has 0 atom stereocenters. The van der Waals surface area contributed by atoms with Gasteiger partial charge in [-0.05, 0) is 52.7 Å². The summed E-state index contributed by atoms with van der Waals surface area (Å²) in [5.41, 5.74) is 1.61. The summed E-state index contributed by atoms with van der Waals surface area (Å²) in [7, 11) is 0. The highest BCUT2D eigenvalue weighted by atomic mass is 79.9. The highest BCUT2D eigenvalue weighted by molar-refractivity contribution is 9.10. The Morgan fingerprint density at radius 1 is 1.38 bits per heavy atom. The van der Waals surface area contributed by atoms with Crippen LogP contribution in [0.25, 0.3) is 0 Å². The molecule has 1 nitrogen and oxygen atoms in total. The van der Waals surface area contributed by atoms with Crippen molar-refractivity contribution >= 4 is 33.0 Å². The van der Waals surface area contributed by atoms with Crippen LogP contribution in [-0.2, 0) is 6.54 Å². The third-order valence-corrected chi connectivity index (χ3v) is 3.94. The molecule has 1 N–H and O–H groups in total. The molecule has 0 aliphatic rings. The predicted molar refractivity (Wildman–Crippen MR) is 70.5 cm³/mol. The van der Waals surface area contributed by atoms with Crippen LogP contribution in [0.3, 0.4) is 0 Å². The largest absolute Gasteiger partial charge is 0.380 e. The lowest BCUT2D eigenvalue weighted by Crippen LogP contribution is -1.98. The summed E-state index contributed by atoms with van der Waals surface area (Å²) in [4.78, 5) is 1.24. The van der Waals surface area contributed by atoms with Gasteiger partial charge in [0.2, 0.25) is 0 Å². The Morgan fingerprint density at radius 2 is 2.19 bits per heavy atom. The van der Waals surface area contributed by atoms with Crippen molar-refractivity contribution in [3.8, 4) is 0 Å². The van der Waals surface area contributed by atoms with Crippen LogP contribution in [-0.4, -0.2) is 0 Å². The highest BCUT2D eigenvalue weighted by Gasteiger charge is 2.00. The highest BCUT2D eigenvalue weighted by Crippen LogP contribution is 2.21. The molecule has 0 spiro atoms. The Hall–Kier alpha value is -0.870. The maximum atomic E-state index is 13.0. The van der Waals surface area contributed by atoms with Crippen LogP contribution < -0.4 is 5.32 Å².